The summed E-state index contributed by atoms with van der Waals surface area (Å²) in [7, 11) is 0. The highest BCUT2D eigenvalue weighted by molar-refractivity contribution is 5.93. The van der Waals surface area contributed by atoms with E-state index in [2.05, 4.69) is 4.98 Å². The van der Waals surface area contributed by atoms with Crippen molar-refractivity contribution in [2.45, 2.75) is 13.1 Å². The molecule has 0 aliphatic heterocycles. The lowest BCUT2D eigenvalue weighted by Crippen LogP contribution is -2.05. The summed E-state index contributed by atoms with van der Waals surface area (Å²) in [5, 5.41) is 0.428. The molecule has 0 bridgehead atoms. The van der Waals surface area contributed by atoms with Crippen LogP contribution >= 0.6 is 0 Å². The summed E-state index contributed by atoms with van der Waals surface area (Å²) in [5.74, 6) is 0. The third-order valence-electron chi connectivity index (χ3n) is 2.56. The van der Waals surface area contributed by atoms with Crippen LogP contribution in [0.3, 0.4) is 0 Å². The van der Waals surface area contributed by atoms with Gasteiger partial charge in [0.2, 0.25) is 0 Å². The average Bonchev–Trinajstić information content (AvgIpc) is 2.54. The van der Waals surface area contributed by atoms with Crippen molar-refractivity contribution in [2.24, 2.45) is 0 Å². The molecule has 0 aliphatic rings. The second-order valence-electron chi connectivity index (χ2n) is 3.51. The Hall–Kier alpha value is -1.78. The molecule has 0 aliphatic carbocycles. The number of benzene rings is 1. The first-order valence-corrected chi connectivity index (χ1v) is 4.59. The van der Waals surface area contributed by atoms with Crippen LogP contribution in [0.2, 0.25) is 0 Å². The normalized spacial score (nSPS) is 12.0. The zero-order valence-corrected chi connectivity index (χ0v) is 8.35. The fourth-order valence-corrected chi connectivity index (χ4v) is 1.73. The number of aromatic nitrogens is 1. The Morgan fingerprint density at radius 1 is 1.31 bits per heavy atom. The van der Waals surface area contributed by atoms with Gasteiger partial charge in [0.1, 0.15) is 0 Å². The number of fused-ring (bicyclic) bond motifs is 1. The quantitative estimate of drug-likeness (QED) is 0.745. The van der Waals surface area contributed by atoms with Gasteiger partial charge in [-0.05, 0) is 18.6 Å². The zero-order chi connectivity index (χ0) is 11.9. The highest BCUT2D eigenvalue weighted by Crippen LogP contribution is 2.35. The largest absolute Gasteiger partial charge is 0.418 e. The van der Waals surface area contributed by atoms with Crippen LogP contribution in [0.25, 0.3) is 10.9 Å². The standard InChI is InChI=1S/C11H8F3NO/c1-6-7-3-2-4-8(11(12,13)14)10(7)15-9(6)5-16/h2-5,15H,1H3. The molecule has 1 aromatic heterocycles. The molecule has 0 radical (unpaired) electrons. The van der Waals surface area contributed by atoms with E-state index in [1.807, 2.05) is 0 Å². The van der Waals surface area contributed by atoms with E-state index < -0.39 is 11.7 Å². The molecule has 2 rings (SSSR count). The van der Waals surface area contributed by atoms with Crippen molar-refractivity contribution in [1.82, 2.24) is 4.98 Å². The fourth-order valence-electron chi connectivity index (χ4n) is 1.73. The monoisotopic (exact) mass is 227 g/mol. The van der Waals surface area contributed by atoms with Crippen LogP contribution in [-0.4, -0.2) is 11.3 Å². The predicted molar refractivity (Wildman–Crippen MR) is 53.4 cm³/mol. The van der Waals surface area contributed by atoms with E-state index in [1.54, 1.807) is 13.0 Å². The number of aldehydes is 1. The maximum Gasteiger partial charge on any atom is 0.418 e. The first-order chi connectivity index (χ1) is 7.45. The van der Waals surface area contributed by atoms with Gasteiger partial charge in [-0.15, -0.1) is 0 Å². The Morgan fingerprint density at radius 3 is 2.56 bits per heavy atom. The van der Waals surface area contributed by atoms with Crippen molar-refractivity contribution in [3.05, 3.63) is 35.0 Å². The molecule has 0 saturated carbocycles. The Morgan fingerprint density at radius 2 is 2.00 bits per heavy atom. The summed E-state index contributed by atoms with van der Waals surface area (Å²) in [4.78, 5) is 13.1. The van der Waals surface area contributed by atoms with Crippen LogP contribution < -0.4 is 0 Å². The van der Waals surface area contributed by atoms with E-state index in [0.29, 0.717) is 17.2 Å². The maximum atomic E-state index is 12.7. The van der Waals surface area contributed by atoms with E-state index in [9.17, 15) is 18.0 Å². The number of hydrogen-bond donors (Lipinski definition) is 1. The molecule has 0 amide bonds. The molecule has 0 spiro atoms. The SMILES string of the molecule is Cc1c(C=O)[nH]c2c(C(F)(F)F)cccc12. The summed E-state index contributed by atoms with van der Waals surface area (Å²) >= 11 is 0. The molecule has 1 aromatic carbocycles. The number of aromatic amines is 1. The van der Waals surface area contributed by atoms with Crippen LogP contribution in [0.5, 0.6) is 0 Å². The predicted octanol–water partition coefficient (Wildman–Crippen LogP) is 3.31. The van der Waals surface area contributed by atoms with E-state index in [1.165, 1.54) is 6.07 Å². The highest BCUT2D eigenvalue weighted by atomic mass is 19.4. The molecule has 5 heteroatoms. The number of aryl methyl sites for hydroxylation is 1. The van der Waals surface area contributed by atoms with Gasteiger partial charge >= 0.3 is 6.18 Å². The molecule has 0 atom stereocenters. The summed E-state index contributed by atoms with van der Waals surface area (Å²) in [6.45, 7) is 1.61. The number of para-hydroxylation sites is 1. The minimum absolute atomic E-state index is 0.0328. The van der Waals surface area contributed by atoms with Crippen molar-refractivity contribution < 1.29 is 18.0 Å². The van der Waals surface area contributed by atoms with Crippen molar-refractivity contribution in [3.63, 3.8) is 0 Å². The number of H-pyrrole nitrogens is 1. The third-order valence-corrected chi connectivity index (χ3v) is 2.56. The Kier molecular flexibility index (Phi) is 2.26. The Balaban J connectivity index is 2.84. The second-order valence-corrected chi connectivity index (χ2v) is 3.51. The third kappa shape index (κ3) is 1.48. The van der Waals surface area contributed by atoms with Gasteiger partial charge in [-0.25, -0.2) is 0 Å². The van der Waals surface area contributed by atoms with Gasteiger partial charge in [0.05, 0.1) is 16.8 Å². The molecule has 0 saturated heterocycles. The van der Waals surface area contributed by atoms with Crippen molar-refractivity contribution in [2.75, 3.05) is 0 Å². The van der Waals surface area contributed by atoms with E-state index in [0.717, 1.165) is 6.07 Å². The smallest absolute Gasteiger partial charge is 0.352 e. The molecule has 84 valence electrons. The molecule has 1 N–H and O–H groups in total. The number of halogens is 3. The van der Waals surface area contributed by atoms with Gasteiger partial charge < -0.3 is 4.98 Å². The van der Waals surface area contributed by atoms with E-state index in [4.69, 9.17) is 0 Å². The lowest BCUT2D eigenvalue weighted by atomic mass is 10.1. The van der Waals surface area contributed by atoms with Crippen molar-refractivity contribution >= 4 is 17.2 Å². The van der Waals surface area contributed by atoms with E-state index in [-0.39, 0.29) is 11.2 Å². The minimum atomic E-state index is -4.42. The fraction of sp³-hybridized carbons (Fsp3) is 0.182. The Bertz CT molecular complexity index is 554. The van der Waals surface area contributed by atoms with Crippen molar-refractivity contribution in [3.8, 4) is 0 Å². The molecule has 2 nitrogen and oxygen atoms in total. The van der Waals surface area contributed by atoms with Gasteiger partial charge in [0.25, 0.3) is 0 Å². The zero-order valence-electron chi connectivity index (χ0n) is 8.35. The molecule has 1 heterocycles. The number of rotatable bonds is 1. The first kappa shape index (κ1) is 10.7. The molecular formula is C11H8F3NO. The molecular weight excluding hydrogens is 219 g/mol. The molecule has 0 fully saturated rings. The number of carbonyl (C=O) groups excluding carboxylic acids is 1. The lowest BCUT2D eigenvalue weighted by Gasteiger charge is -2.07. The topological polar surface area (TPSA) is 32.9 Å². The number of alkyl halides is 3. The molecule has 16 heavy (non-hydrogen) atoms. The molecule has 0 unspecified atom stereocenters. The van der Waals surface area contributed by atoms with Crippen LogP contribution in [-0.2, 0) is 6.18 Å². The summed E-state index contributed by atoms with van der Waals surface area (Å²) in [6.07, 6.45) is -3.90. The number of carbonyl (C=O) groups is 1. The first-order valence-electron chi connectivity index (χ1n) is 4.59. The minimum Gasteiger partial charge on any atom is -0.352 e. The number of hydrogen-bond acceptors (Lipinski definition) is 1. The number of nitrogens with one attached hydrogen (secondary N) is 1. The summed E-state index contributed by atoms with van der Waals surface area (Å²) in [6, 6.07) is 3.89. The maximum absolute atomic E-state index is 12.7. The van der Waals surface area contributed by atoms with Gasteiger partial charge in [0, 0.05) is 5.39 Å². The Labute approximate surface area is 89.1 Å². The second kappa shape index (κ2) is 3.37. The van der Waals surface area contributed by atoms with Gasteiger partial charge in [-0.1, -0.05) is 12.1 Å². The van der Waals surface area contributed by atoms with Gasteiger partial charge in [-0.3, -0.25) is 4.79 Å². The highest BCUT2D eigenvalue weighted by Gasteiger charge is 2.33. The summed E-state index contributed by atoms with van der Waals surface area (Å²) in [5.41, 5.74) is -0.0569. The van der Waals surface area contributed by atoms with Crippen LogP contribution in [0.15, 0.2) is 18.2 Å². The van der Waals surface area contributed by atoms with Gasteiger partial charge in [0.15, 0.2) is 6.29 Å². The van der Waals surface area contributed by atoms with Crippen LogP contribution in [0.4, 0.5) is 13.2 Å². The van der Waals surface area contributed by atoms with Crippen molar-refractivity contribution in [1.29, 1.82) is 0 Å². The summed E-state index contributed by atoms with van der Waals surface area (Å²) < 4.78 is 38.0. The van der Waals surface area contributed by atoms with Crippen LogP contribution in [0.1, 0.15) is 21.6 Å². The average molecular weight is 227 g/mol. The molecule has 2 aromatic rings. The van der Waals surface area contributed by atoms with E-state index >= 15 is 0 Å². The van der Waals surface area contributed by atoms with Crippen LogP contribution in [0, 0.1) is 6.92 Å². The lowest BCUT2D eigenvalue weighted by molar-refractivity contribution is -0.136. The van der Waals surface area contributed by atoms with Gasteiger partial charge in [-0.2, -0.15) is 13.2 Å².